The molecule has 0 saturated heterocycles. The highest BCUT2D eigenvalue weighted by molar-refractivity contribution is 8.15. The highest BCUT2D eigenvalue weighted by Gasteiger charge is 2.16. The second-order valence-corrected chi connectivity index (χ2v) is 7.61. The monoisotopic (exact) mass is 309 g/mol. The van der Waals surface area contributed by atoms with Crippen LogP contribution >= 0.6 is 22.0 Å². The number of hydrogen-bond donors (Lipinski definition) is 1. The average molecular weight is 310 g/mol. The fourth-order valence-electron chi connectivity index (χ4n) is 1.42. The van der Waals surface area contributed by atoms with Crippen molar-refractivity contribution in [3.63, 3.8) is 0 Å². The summed E-state index contributed by atoms with van der Waals surface area (Å²) in [7, 11) is 1.45. The highest BCUT2D eigenvalue weighted by atomic mass is 35.7. The minimum absolute atomic E-state index is 0.000277. The van der Waals surface area contributed by atoms with Crippen molar-refractivity contribution in [3.8, 4) is 0 Å². The summed E-state index contributed by atoms with van der Waals surface area (Å²) in [5.74, 6) is -0.255. The number of thiophene rings is 1. The Balaban J connectivity index is 2.45. The Morgan fingerprint density at radius 1 is 1.39 bits per heavy atom. The molecule has 0 radical (unpaired) electrons. The molecular weight excluding hydrogens is 294 g/mol. The summed E-state index contributed by atoms with van der Waals surface area (Å²) in [5.41, 5.74) is 0.342. The predicted octanol–water partition coefficient (Wildman–Crippen LogP) is 2.99. The van der Waals surface area contributed by atoms with E-state index in [-0.39, 0.29) is 10.1 Å². The molecule has 1 aromatic heterocycles. The zero-order chi connectivity index (χ0) is 13.6. The zero-order valence-electron chi connectivity index (χ0n) is 10.1. The van der Waals surface area contributed by atoms with Crippen molar-refractivity contribution < 1.29 is 13.2 Å². The summed E-state index contributed by atoms with van der Waals surface area (Å²) in [5, 5.41) is 4.25. The summed E-state index contributed by atoms with van der Waals surface area (Å²) < 4.78 is 22.1. The molecule has 1 aromatic rings. The average Bonchev–Trinajstić information content (AvgIpc) is 2.77. The lowest BCUT2D eigenvalue weighted by atomic mass is 10.2. The van der Waals surface area contributed by atoms with E-state index in [2.05, 4.69) is 12.2 Å². The quantitative estimate of drug-likeness (QED) is 0.622. The van der Waals surface area contributed by atoms with Gasteiger partial charge in [0.2, 0.25) is 0 Å². The van der Waals surface area contributed by atoms with Crippen LogP contribution in [0, 0.1) is 0 Å². The number of halogens is 1. The third-order valence-electron chi connectivity index (χ3n) is 2.39. The topological polar surface area (TPSA) is 63.2 Å². The van der Waals surface area contributed by atoms with Gasteiger partial charge in [0.05, 0.1) is 5.56 Å². The lowest BCUT2D eigenvalue weighted by Crippen LogP contribution is -2.23. The molecule has 1 heterocycles. The minimum Gasteiger partial charge on any atom is -0.352 e. The maximum Gasteiger partial charge on any atom is 0.270 e. The van der Waals surface area contributed by atoms with Crippen molar-refractivity contribution in [1.29, 1.82) is 0 Å². The van der Waals surface area contributed by atoms with Crippen LogP contribution in [0.2, 0.25) is 0 Å². The van der Waals surface area contributed by atoms with Crippen LogP contribution in [0.25, 0.3) is 0 Å². The maximum absolute atomic E-state index is 11.7. The first-order valence-electron chi connectivity index (χ1n) is 5.76. The molecule has 1 rings (SSSR count). The molecule has 4 nitrogen and oxygen atoms in total. The molecule has 0 atom stereocenters. The molecule has 18 heavy (non-hydrogen) atoms. The van der Waals surface area contributed by atoms with E-state index in [4.69, 9.17) is 10.7 Å². The van der Waals surface area contributed by atoms with Gasteiger partial charge < -0.3 is 5.32 Å². The highest BCUT2D eigenvalue weighted by Crippen LogP contribution is 2.23. The Labute approximate surface area is 116 Å². The Morgan fingerprint density at radius 2 is 2.11 bits per heavy atom. The fraction of sp³-hybridized carbons (Fsp3) is 0.545. The summed E-state index contributed by atoms with van der Waals surface area (Å²) in [6.45, 7) is 2.73. The molecule has 0 aliphatic heterocycles. The van der Waals surface area contributed by atoms with Crippen molar-refractivity contribution in [3.05, 3.63) is 17.0 Å². The summed E-state index contributed by atoms with van der Waals surface area (Å²) in [4.78, 5) is 11.7. The second-order valence-electron chi connectivity index (χ2n) is 3.91. The normalized spacial score (nSPS) is 11.4. The zero-order valence-corrected chi connectivity index (χ0v) is 12.5. The van der Waals surface area contributed by atoms with E-state index < -0.39 is 9.05 Å². The summed E-state index contributed by atoms with van der Waals surface area (Å²) in [6, 6.07) is 1.30. The summed E-state index contributed by atoms with van der Waals surface area (Å²) >= 11 is 0.951. The number of unbranched alkanes of at least 4 members (excludes halogenated alkanes) is 3. The van der Waals surface area contributed by atoms with Gasteiger partial charge >= 0.3 is 0 Å². The molecule has 1 N–H and O–H groups in total. The molecule has 0 spiro atoms. The molecule has 0 bridgehead atoms. The lowest BCUT2D eigenvalue weighted by Gasteiger charge is -2.02. The number of carbonyl (C=O) groups excluding carboxylic acids is 1. The van der Waals surface area contributed by atoms with Crippen LogP contribution in [-0.2, 0) is 9.05 Å². The molecule has 1 amide bonds. The van der Waals surface area contributed by atoms with E-state index in [0.717, 1.165) is 37.0 Å². The van der Waals surface area contributed by atoms with Gasteiger partial charge in [0.15, 0.2) is 0 Å². The minimum atomic E-state index is -3.74. The van der Waals surface area contributed by atoms with Gasteiger partial charge in [-0.3, -0.25) is 4.79 Å². The van der Waals surface area contributed by atoms with Crippen molar-refractivity contribution in [1.82, 2.24) is 5.32 Å². The van der Waals surface area contributed by atoms with Crippen molar-refractivity contribution in [2.24, 2.45) is 0 Å². The van der Waals surface area contributed by atoms with Gasteiger partial charge in [-0.2, -0.15) is 0 Å². The van der Waals surface area contributed by atoms with E-state index in [9.17, 15) is 13.2 Å². The van der Waals surface area contributed by atoms with Crippen LogP contribution in [0.15, 0.2) is 15.7 Å². The number of rotatable bonds is 7. The van der Waals surface area contributed by atoms with Crippen LogP contribution < -0.4 is 5.32 Å². The van der Waals surface area contributed by atoms with Gasteiger partial charge in [-0.25, -0.2) is 8.42 Å². The first-order chi connectivity index (χ1) is 8.45. The Bertz CT molecular complexity index is 496. The van der Waals surface area contributed by atoms with Crippen molar-refractivity contribution >= 4 is 37.0 Å². The molecule has 7 heteroatoms. The third-order valence-corrected chi connectivity index (χ3v) is 5.43. The van der Waals surface area contributed by atoms with Crippen LogP contribution in [0.3, 0.4) is 0 Å². The van der Waals surface area contributed by atoms with Crippen LogP contribution in [0.4, 0.5) is 0 Å². The largest absolute Gasteiger partial charge is 0.352 e. The molecule has 0 saturated carbocycles. The fourth-order valence-corrected chi connectivity index (χ4v) is 3.37. The van der Waals surface area contributed by atoms with E-state index in [0.29, 0.717) is 12.1 Å². The first-order valence-corrected chi connectivity index (χ1v) is 8.95. The standard InChI is InChI=1S/C11H16ClNO3S2/c1-2-3-4-5-6-13-11(14)9-7-10(17-8-9)18(12,15)16/h7-8H,2-6H2,1H3,(H,13,14). The Morgan fingerprint density at radius 3 is 2.67 bits per heavy atom. The Hall–Kier alpha value is -0.590. The first kappa shape index (κ1) is 15.5. The molecule has 0 fully saturated rings. The van der Waals surface area contributed by atoms with Gasteiger partial charge in [-0.1, -0.05) is 26.2 Å². The predicted molar refractivity (Wildman–Crippen MR) is 73.8 cm³/mol. The van der Waals surface area contributed by atoms with Gasteiger partial charge in [-0.05, 0) is 12.5 Å². The SMILES string of the molecule is CCCCCCNC(=O)c1csc(S(=O)(=O)Cl)c1. The van der Waals surface area contributed by atoms with Crippen LogP contribution in [0.1, 0.15) is 43.0 Å². The van der Waals surface area contributed by atoms with E-state index in [1.807, 2.05) is 0 Å². The number of hydrogen-bond acceptors (Lipinski definition) is 4. The van der Waals surface area contributed by atoms with Crippen LogP contribution in [0.5, 0.6) is 0 Å². The van der Waals surface area contributed by atoms with E-state index in [1.165, 1.54) is 11.4 Å². The maximum atomic E-state index is 11.7. The lowest BCUT2D eigenvalue weighted by molar-refractivity contribution is 0.0953. The van der Waals surface area contributed by atoms with E-state index in [1.54, 1.807) is 0 Å². The molecule has 0 unspecified atom stereocenters. The van der Waals surface area contributed by atoms with Gasteiger partial charge in [0.25, 0.3) is 15.0 Å². The van der Waals surface area contributed by atoms with Crippen molar-refractivity contribution in [2.75, 3.05) is 6.54 Å². The molecule has 0 aliphatic carbocycles. The smallest absolute Gasteiger partial charge is 0.270 e. The molecule has 0 aromatic carbocycles. The van der Waals surface area contributed by atoms with Crippen molar-refractivity contribution in [2.45, 2.75) is 36.8 Å². The summed E-state index contributed by atoms with van der Waals surface area (Å²) in [6.07, 6.45) is 4.32. The molecule has 0 aliphatic rings. The number of nitrogens with one attached hydrogen (secondary N) is 1. The Kier molecular flexibility index (Phi) is 6.11. The molecular formula is C11H16ClNO3S2. The second kappa shape index (κ2) is 7.11. The van der Waals surface area contributed by atoms with Crippen LogP contribution in [-0.4, -0.2) is 20.9 Å². The van der Waals surface area contributed by atoms with E-state index >= 15 is 0 Å². The van der Waals surface area contributed by atoms with Gasteiger partial charge in [-0.15, -0.1) is 11.3 Å². The van der Waals surface area contributed by atoms with Gasteiger partial charge in [0, 0.05) is 22.6 Å². The number of carbonyl (C=O) groups is 1. The number of amides is 1. The third kappa shape index (κ3) is 4.96. The molecule has 102 valence electrons. The van der Waals surface area contributed by atoms with Gasteiger partial charge in [0.1, 0.15) is 4.21 Å².